The van der Waals surface area contributed by atoms with Crippen LogP contribution in [0, 0.1) is 5.92 Å². The molecule has 0 spiro atoms. The summed E-state index contributed by atoms with van der Waals surface area (Å²) in [5.74, 6) is -2.37. The smallest absolute Gasteiger partial charge is 0.399 e. The zero-order valence-electron chi connectivity index (χ0n) is 20.3. The van der Waals surface area contributed by atoms with Gasteiger partial charge in [0.2, 0.25) is 12.2 Å². The van der Waals surface area contributed by atoms with Crippen molar-refractivity contribution in [3.8, 4) is 0 Å². The molecule has 222 valence electrons. The van der Waals surface area contributed by atoms with Gasteiger partial charge in [0, 0.05) is 6.92 Å². The number of aliphatic hydroxyl groups excluding tert-OH is 3. The number of carboxylic acids is 1. The Bertz CT molecular complexity index is 1060. The van der Waals surface area contributed by atoms with Crippen molar-refractivity contribution in [2.75, 3.05) is 6.61 Å². The largest absolute Gasteiger partial charge is 0.479 e. The molecule has 0 aromatic rings. The van der Waals surface area contributed by atoms with Gasteiger partial charge in [0.15, 0.2) is 12.4 Å². The van der Waals surface area contributed by atoms with Crippen molar-refractivity contribution in [3.05, 3.63) is 0 Å². The predicted molar refractivity (Wildman–Crippen MR) is 119 cm³/mol. The molecular formula is C18H31NO17S2. The molecule has 8 atom stereocenters. The highest BCUT2D eigenvalue weighted by molar-refractivity contribution is 7.81. The molecule has 18 nitrogen and oxygen atoms in total. The van der Waals surface area contributed by atoms with Crippen LogP contribution in [0.15, 0.2) is 0 Å². The number of ether oxygens (including phenoxy) is 3. The van der Waals surface area contributed by atoms with Gasteiger partial charge in [0.05, 0.1) is 18.2 Å². The number of carboxylic acid groups (broad SMARTS) is 1. The van der Waals surface area contributed by atoms with Crippen LogP contribution < -0.4 is 5.32 Å². The molecule has 1 heterocycles. The molecule has 0 aromatic carbocycles. The monoisotopic (exact) mass is 597 g/mol. The molecule has 1 aliphatic carbocycles. The maximum absolute atomic E-state index is 11.7. The summed E-state index contributed by atoms with van der Waals surface area (Å²) in [6.07, 6.45) is -14.2. The minimum Gasteiger partial charge on any atom is -0.479 e. The highest BCUT2D eigenvalue weighted by Gasteiger charge is 2.50. The van der Waals surface area contributed by atoms with Crippen LogP contribution in [0.25, 0.3) is 0 Å². The topological polar surface area (TPSA) is 282 Å². The fraction of sp³-hybridized carbons (Fsp3) is 0.889. The molecular weight excluding hydrogens is 566 g/mol. The number of carbonyl (C=O) groups excluding carboxylic acids is 1. The first-order valence-electron chi connectivity index (χ1n) is 11.0. The maximum Gasteiger partial charge on any atom is 0.399 e. The van der Waals surface area contributed by atoms with E-state index in [0.717, 1.165) is 0 Å². The van der Waals surface area contributed by atoms with E-state index >= 15 is 0 Å². The quantitative estimate of drug-likeness (QED) is 0.0772. The Labute approximate surface area is 217 Å². The standard InChI is InChI=1S/C18H31NO17S2/c1-7(20)19-14(8-4-5-8)18(2,3)35-9(6-32-37(26,27)28)16(36-38(29,30)31)34-17-12(23)10(21)11(22)13(33-17)15(24)25/h8-14,16-17,21-23H,4-6H2,1-3H3,(H,19,20)(H,24,25)(H,26,27,28)(H,29,30,31). The second kappa shape index (κ2) is 12.3. The van der Waals surface area contributed by atoms with E-state index < -0.39 is 94.0 Å². The van der Waals surface area contributed by atoms with E-state index in [0.29, 0.717) is 12.8 Å². The SMILES string of the molecule is CC(=O)NC(C1CC1)C(C)(C)OC(COS(=O)(=O)O)C(OC1OC(C(=O)O)C(O)C(O)C1O)OS(=O)(=O)O. The van der Waals surface area contributed by atoms with Crippen LogP contribution in [-0.4, -0.2) is 120 Å². The first kappa shape index (κ1) is 32.7. The lowest BCUT2D eigenvalue weighted by molar-refractivity contribution is -0.338. The van der Waals surface area contributed by atoms with Crippen LogP contribution >= 0.6 is 0 Å². The Hall–Kier alpha value is -1.56. The minimum atomic E-state index is -5.45. The van der Waals surface area contributed by atoms with Crippen LogP contribution in [0.4, 0.5) is 0 Å². The van der Waals surface area contributed by atoms with Crippen molar-refractivity contribution < 1.29 is 78.5 Å². The number of aliphatic hydroxyl groups is 3. The van der Waals surface area contributed by atoms with E-state index in [1.165, 1.54) is 20.8 Å². The van der Waals surface area contributed by atoms with Gasteiger partial charge in [-0.15, -0.1) is 0 Å². The molecule has 0 bridgehead atoms. The van der Waals surface area contributed by atoms with Gasteiger partial charge >= 0.3 is 26.8 Å². The van der Waals surface area contributed by atoms with Crippen molar-refractivity contribution in [1.29, 1.82) is 0 Å². The summed E-state index contributed by atoms with van der Waals surface area (Å²) in [5, 5.41) is 41.9. The molecule has 1 saturated carbocycles. The average Bonchev–Trinajstić information content (AvgIpc) is 3.57. The second-order valence-corrected chi connectivity index (χ2v) is 11.4. The molecule has 1 saturated heterocycles. The Morgan fingerprint density at radius 2 is 1.61 bits per heavy atom. The highest BCUT2D eigenvalue weighted by atomic mass is 32.3. The van der Waals surface area contributed by atoms with Gasteiger partial charge in [-0.3, -0.25) is 13.9 Å². The minimum absolute atomic E-state index is 0.102. The zero-order chi connectivity index (χ0) is 29.2. The van der Waals surface area contributed by atoms with Crippen molar-refractivity contribution in [1.82, 2.24) is 5.32 Å². The number of aliphatic carboxylic acids is 1. The van der Waals surface area contributed by atoms with Gasteiger partial charge < -0.3 is 40.0 Å². The molecule has 0 radical (unpaired) electrons. The van der Waals surface area contributed by atoms with Crippen molar-refractivity contribution >= 4 is 32.7 Å². The normalized spacial score (nSPS) is 29.3. The zero-order valence-corrected chi connectivity index (χ0v) is 21.9. The van der Waals surface area contributed by atoms with Gasteiger partial charge in [-0.25, -0.2) is 13.2 Å². The summed E-state index contributed by atoms with van der Waals surface area (Å²) in [6.45, 7) is 2.82. The van der Waals surface area contributed by atoms with Gasteiger partial charge in [-0.2, -0.15) is 16.8 Å². The van der Waals surface area contributed by atoms with Gasteiger partial charge in [0.25, 0.3) is 0 Å². The van der Waals surface area contributed by atoms with Crippen molar-refractivity contribution in [3.63, 3.8) is 0 Å². The number of nitrogens with one attached hydrogen (secondary N) is 1. The van der Waals surface area contributed by atoms with Crippen molar-refractivity contribution in [2.45, 2.75) is 88.4 Å². The maximum atomic E-state index is 11.7. The fourth-order valence-electron chi connectivity index (χ4n) is 3.88. The molecule has 38 heavy (non-hydrogen) atoms. The highest BCUT2D eigenvalue weighted by Crippen LogP contribution is 2.39. The summed E-state index contributed by atoms with van der Waals surface area (Å²) in [4.78, 5) is 23.1. The first-order chi connectivity index (χ1) is 17.2. The summed E-state index contributed by atoms with van der Waals surface area (Å²) >= 11 is 0. The third-order valence-corrected chi connectivity index (χ3v) is 6.51. The van der Waals surface area contributed by atoms with Crippen molar-refractivity contribution in [2.24, 2.45) is 5.92 Å². The summed E-state index contributed by atoms with van der Waals surface area (Å²) in [7, 11) is -10.6. The van der Waals surface area contributed by atoms with Gasteiger partial charge in [-0.05, 0) is 32.6 Å². The Kier molecular flexibility index (Phi) is 10.6. The Morgan fingerprint density at radius 1 is 1.03 bits per heavy atom. The van der Waals surface area contributed by atoms with Crippen LogP contribution in [0.3, 0.4) is 0 Å². The summed E-state index contributed by atoms with van der Waals surface area (Å²) in [5.41, 5.74) is -1.46. The molecule has 2 fully saturated rings. The molecule has 8 unspecified atom stereocenters. The Morgan fingerprint density at radius 3 is 2.05 bits per heavy atom. The predicted octanol–water partition coefficient (Wildman–Crippen LogP) is -3.06. The summed E-state index contributed by atoms with van der Waals surface area (Å²) in [6, 6.07) is -0.732. The first-order valence-corrected chi connectivity index (χ1v) is 13.7. The number of amides is 1. The van der Waals surface area contributed by atoms with Crippen LogP contribution in [0.1, 0.15) is 33.6 Å². The van der Waals surface area contributed by atoms with E-state index in [1.807, 2.05) is 0 Å². The lowest BCUT2D eigenvalue weighted by atomic mass is 9.93. The lowest BCUT2D eigenvalue weighted by Crippen LogP contribution is -2.62. The second-order valence-electron chi connectivity index (χ2n) is 9.25. The number of hydrogen-bond acceptors (Lipinski definition) is 14. The molecule has 0 aromatic heterocycles. The Balaban J connectivity index is 2.44. The average molecular weight is 598 g/mol. The lowest BCUT2D eigenvalue weighted by Gasteiger charge is -2.42. The molecule has 20 heteroatoms. The van der Waals surface area contributed by atoms with E-state index in [-0.39, 0.29) is 5.92 Å². The van der Waals surface area contributed by atoms with Crippen LogP contribution in [0.5, 0.6) is 0 Å². The number of hydrogen-bond donors (Lipinski definition) is 7. The van der Waals surface area contributed by atoms with E-state index in [1.54, 1.807) is 0 Å². The van der Waals surface area contributed by atoms with Gasteiger partial charge in [-0.1, -0.05) is 0 Å². The molecule has 2 rings (SSSR count). The number of rotatable bonds is 14. The van der Waals surface area contributed by atoms with E-state index in [4.69, 9.17) is 18.8 Å². The van der Waals surface area contributed by atoms with E-state index in [9.17, 15) is 51.4 Å². The molecule has 7 N–H and O–H groups in total. The van der Waals surface area contributed by atoms with Gasteiger partial charge in [0.1, 0.15) is 24.4 Å². The molecule has 1 aliphatic heterocycles. The summed E-state index contributed by atoms with van der Waals surface area (Å²) < 4.78 is 88.4. The third kappa shape index (κ3) is 9.57. The number of carbonyl (C=O) groups is 2. The van der Waals surface area contributed by atoms with Crippen LogP contribution in [-0.2, 0) is 53.0 Å². The fourth-order valence-corrected chi connectivity index (χ4v) is 4.60. The van der Waals surface area contributed by atoms with E-state index in [2.05, 4.69) is 13.7 Å². The van der Waals surface area contributed by atoms with Crippen LogP contribution in [0.2, 0.25) is 0 Å². The third-order valence-electron chi connectivity index (χ3n) is 5.64. The molecule has 2 aliphatic rings. The molecule has 1 amide bonds.